The van der Waals surface area contributed by atoms with Crippen molar-refractivity contribution >= 4 is 5.82 Å². The van der Waals surface area contributed by atoms with Gasteiger partial charge in [-0.05, 0) is 42.7 Å². The number of ether oxygens (including phenoxy) is 1. The van der Waals surface area contributed by atoms with Crippen molar-refractivity contribution < 1.29 is 4.74 Å². The second kappa shape index (κ2) is 4.45. The molecule has 0 unspecified atom stereocenters. The molecule has 0 saturated carbocycles. The highest BCUT2D eigenvalue weighted by Gasteiger charge is 2.10. The van der Waals surface area contributed by atoms with Crippen molar-refractivity contribution in [3.63, 3.8) is 0 Å². The molecule has 1 heterocycles. The van der Waals surface area contributed by atoms with Gasteiger partial charge >= 0.3 is 0 Å². The molecule has 88 valence electrons. The van der Waals surface area contributed by atoms with E-state index in [1.165, 1.54) is 5.56 Å². The zero-order chi connectivity index (χ0) is 12.4. The van der Waals surface area contributed by atoms with Crippen LogP contribution in [0.1, 0.15) is 11.1 Å². The van der Waals surface area contributed by atoms with E-state index in [0.717, 1.165) is 22.4 Å². The molecule has 0 fully saturated rings. The van der Waals surface area contributed by atoms with Gasteiger partial charge in [0.25, 0.3) is 0 Å². The predicted molar refractivity (Wildman–Crippen MR) is 70.1 cm³/mol. The molecule has 1 aromatic heterocycles. The summed E-state index contributed by atoms with van der Waals surface area (Å²) in [7, 11) is 1.69. The molecule has 2 rings (SSSR count). The molecule has 0 aliphatic carbocycles. The Morgan fingerprint density at radius 1 is 1.18 bits per heavy atom. The standard InChI is InChI=1S/C14H16N2O/c1-9-4-5-12(14(17-3)10(9)2)11-6-7-16-13(15)8-11/h4-8H,1-3H3,(H2,15,16). The van der Waals surface area contributed by atoms with Gasteiger partial charge in [0.15, 0.2) is 0 Å². The number of nitrogens with zero attached hydrogens (tertiary/aromatic N) is 1. The van der Waals surface area contributed by atoms with Crippen LogP contribution in [0, 0.1) is 13.8 Å². The summed E-state index contributed by atoms with van der Waals surface area (Å²) in [6.07, 6.45) is 1.71. The first-order valence-corrected chi connectivity index (χ1v) is 5.49. The third kappa shape index (κ3) is 2.09. The van der Waals surface area contributed by atoms with Crippen molar-refractivity contribution in [2.24, 2.45) is 0 Å². The predicted octanol–water partition coefficient (Wildman–Crippen LogP) is 2.96. The van der Waals surface area contributed by atoms with E-state index in [0.29, 0.717) is 5.82 Å². The number of aromatic nitrogens is 1. The molecule has 2 aromatic rings. The molecule has 0 radical (unpaired) electrons. The molecule has 0 bridgehead atoms. The largest absolute Gasteiger partial charge is 0.496 e. The number of pyridine rings is 1. The second-order valence-electron chi connectivity index (χ2n) is 4.06. The summed E-state index contributed by atoms with van der Waals surface area (Å²) in [5.41, 5.74) is 10.1. The smallest absolute Gasteiger partial charge is 0.129 e. The van der Waals surface area contributed by atoms with E-state index in [1.807, 2.05) is 12.1 Å². The maximum absolute atomic E-state index is 5.70. The van der Waals surface area contributed by atoms with Gasteiger partial charge in [-0.25, -0.2) is 4.98 Å². The molecule has 0 aliphatic rings. The van der Waals surface area contributed by atoms with E-state index in [2.05, 4.69) is 31.0 Å². The normalized spacial score (nSPS) is 10.3. The van der Waals surface area contributed by atoms with Crippen LogP contribution in [0.15, 0.2) is 30.5 Å². The lowest BCUT2D eigenvalue weighted by atomic mass is 9.99. The minimum atomic E-state index is 0.516. The van der Waals surface area contributed by atoms with Gasteiger partial charge in [-0.3, -0.25) is 0 Å². The number of hydrogen-bond donors (Lipinski definition) is 1. The van der Waals surface area contributed by atoms with Crippen LogP contribution in [0.25, 0.3) is 11.1 Å². The van der Waals surface area contributed by atoms with Crippen molar-refractivity contribution in [2.45, 2.75) is 13.8 Å². The van der Waals surface area contributed by atoms with Crippen LogP contribution in [0.2, 0.25) is 0 Å². The summed E-state index contributed by atoms with van der Waals surface area (Å²) in [6.45, 7) is 4.13. The molecule has 0 saturated heterocycles. The molecular formula is C14H16N2O. The SMILES string of the molecule is COc1c(-c2ccnc(N)c2)ccc(C)c1C. The summed E-state index contributed by atoms with van der Waals surface area (Å²) in [4.78, 5) is 4.00. The summed E-state index contributed by atoms with van der Waals surface area (Å²) >= 11 is 0. The van der Waals surface area contributed by atoms with E-state index in [1.54, 1.807) is 13.3 Å². The van der Waals surface area contributed by atoms with Crippen molar-refractivity contribution in [3.05, 3.63) is 41.6 Å². The Kier molecular flexibility index (Phi) is 3.00. The maximum Gasteiger partial charge on any atom is 0.129 e. The molecule has 0 atom stereocenters. The molecule has 0 aliphatic heterocycles. The number of hydrogen-bond acceptors (Lipinski definition) is 3. The number of aryl methyl sites for hydroxylation is 1. The fourth-order valence-electron chi connectivity index (χ4n) is 1.90. The molecule has 0 spiro atoms. The average Bonchev–Trinajstić information content (AvgIpc) is 2.32. The van der Waals surface area contributed by atoms with Crippen LogP contribution < -0.4 is 10.5 Å². The highest BCUT2D eigenvalue weighted by Crippen LogP contribution is 2.34. The van der Waals surface area contributed by atoms with Gasteiger partial charge in [0.2, 0.25) is 0 Å². The number of rotatable bonds is 2. The molecule has 3 heteroatoms. The number of benzene rings is 1. The number of nitrogens with two attached hydrogens (primary N) is 1. The highest BCUT2D eigenvalue weighted by atomic mass is 16.5. The van der Waals surface area contributed by atoms with Gasteiger partial charge in [-0.1, -0.05) is 12.1 Å². The Bertz CT molecular complexity index is 550. The van der Waals surface area contributed by atoms with Crippen LogP contribution >= 0.6 is 0 Å². The van der Waals surface area contributed by atoms with Gasteiger partial charge in [0.05, 0.1) is 7.11 Å². The van der Waals surface area contributed by atoms with E-state index < -0.39 is 0 Å². The lowest BCUT2D eigenvalue weighted by Crippen LogP contribution is -1.95. The van der Waals surface area contributed by atoms with Crippen LogP contribution in [0.3, 0.4) is 0 Å². The Labute approximate surface area is 101 Å². The summed E-state index contributed by atoms with van der Waals surface area (Å²) < 4.78 is 5.49. The van der Waals surface area contributed by atoms with Gasteiger partial charge < -0.3 is 10.5 Å². The van der Waals surface area contributed by atoms with Gasteiger partial charge in [0.1, 0.15) is 11.6 Å². The van der Waals surface area contributed by atoms with Crippen molar-refractivity contribution in [3.8, 4) is 16.9 Å². The molecular weight excluding hydrogens is 212 g/mol. The summed E-state index contributed by atoms with van der Waals surface area (Å²) in [5, 5.41) is 0. The van der Waals surface area contributed by atoms with Crippen LogP contribution in [0.4, 0.5) is 5.82 Å². The molecule has 2 N–H and O–H groups in total. The van der Waals surface area contributed by atoms with Crippen molar-refractivity contribution in [1.82, 2.24) is 4.98 Å². The fourth-order valence-corrected chi connectivity index (χ4v) is 1.90. The third-order valence-corrected chi connectivity index (χ3v) is 2.97. The Morgan fingerprint density at radius 3 is 2.59 bits per heavy atom. The lowest BCUT2D eigenvalue weighted by Gasteiger charge is -2.13. The summed E-state index contributed by atoms with van der Waals surface area (Å²) in [6, 6.07) is 7.93. The van der Waals surface area contributed by atoms with Gasteiger partial charge in [0, 0.05) is 11.8 Å². The van der Waals surface area contributed by atoms with E-state index in [9.17, 15) is 0 Å². The summed E-state index contributed by atoms with van der Waals surface area (Å²) in [5.74, 6) is 1.42. The van der Waals surface area contributed by atoms with Crippen molar-refractivity contribution in [1.29, 1.82) is 0 Å². The molecule has 17 heavy (non-hydrogen) atoms. The van der Waals surface area contributed by atoms with E-state index in [-0.39, 0.29) is 0 Å². The molecule has 0 amide bonds. The zero-order valence-electron chi connectivity index (χ0n) is 10.3. The lowest BCUT2D eigenvalue weighted by molar-refractivity contribution is 0.413. The number of methoxy groups -OCH3 is 1. The highest BCUT2D eigenvalue weighted by molar-refractivity contribution is 5.74. The minimum absolute atomic E-state index is 0.516. The van der Waals surface area contributed by atoms with Gasteiger partial charge in [-0.15, -0.1) is 0 Å². The van der Waals surface area contributed by atoms with Gasteiger partial charge in [-0.2, -0.15) is 0 Å². The van der Waals surface area contributed by atoms with E-state index in [4.69, 9.17) is 10.5 Å². The quantitative estimate of drug-likeness (QED) is 0.859. The monoisotopic (exact) mass is 228 g/mol. The molecule has 1 aromatic carbocycles. The second-order valence-corrected chi connectivity index (χ2v) is 4.06. The first-order chi connectivity index (χ1) is 8.13. The Hall–Kier alpha value is -2.03. The van der Waals surface area contributed by atoms with Crippen LogP contribution in [-0.4, -0.2) is 12.1 Å². The Balaban J connectivity index is 2.63. The fraction of sp³-hybridized carbons (Fsp3) is 0.214. The van der Waals surface area contributed by atoms with E-state index >= 15 is 0 Å². The minimum Gasteiger partial charge on any atom is -0.496 e. The average molecular weight is 228 g/mol. The van der Waals surface area contributed by atoms with Crippen LogP contribution in [-0.2, 0) is 0 Å². The van der Waals surface area contributed by atoms with Crippen LogP contribution in [0.5, 0.6) is 5.75 Å². The first-order valence-electron chi connectivity index (χ1n) is 5.49. The topological polar surface area (TPSA) is 48.1 Å². The number of anilines is 1. The Morgan fingerprint density at radius 2 is 1.94 bits per heavy atom. The maximum atomic E-state index is 5.70. The number of nitrogen functional groups attached to an aromatic ring is 1. The third-order valence-electron chi connectivity index (χ3n) is 2.97. The molecule has 3 nitrogen and oxygen atoms in total. The van der Waals surface area contributed by atoms with Crippen molar-refractivity contribution in [2.75, 3.05) is 12.8 Å². The zero-order valence-corrected chi connectivity index (χ0v) is 10.3. The first kappa shape index (κ1) is 11.5.